The van der Waals surface area contributed by atoms with E-state index in [-0.39, 0.29) is 35.1 Å². The van der Waals surface area contributed by atoms with Crippen molar-refractivity contribution >= 4 is 5.91 Å². The molecule has 4 bridgehead atoms. The van der Waals surface area contributed by atoms with E-state index < -0.39 is 0 Å². The third-order valence-corrected chi connectivity index (χ3v) is 7.71. The zero-order valence-electron chi connectivity index (χ0n) is 17.3. The van der Waals surface area contributed by atoms with Gasteiger partial charge in [0.1, 0.15) is 17.2 Å². The molecule has 4 aliphatic carbocycles. The molecule has 0 aromatic heterocycles. The Morgan fingerprint density at radius 2 is 1.60 bits per heavy atom. The van der Waals surface area contributed by atoms with Crippen LogP contribution in [0, 0.1) is 24.7 Å². The molecule has 4 N–H and O–H groups in total. The van der Waals surface area contributed by atoms with Gasteiger partial charge in [0.15, 0.2) is 0 Å². The number of hydrogen-bond donors (Lipinski definition) is 4. The van der Waals surface area contributed by atoms with Gasteiger partial charge in [-0.15, -0.1) is 0 Å². The first-order valence-electron chi connectivity index (χ1n) is 11.0. The van der Waals surface area contributed by atoms with Crippen LogP contribution < -0.4 is 5.32 Å². The fourth-order valence-corrected chi connectivity index (χ4v) is 6.86. The third kappa shape index (κ3) is 3.21. The van der Waals surface area contributed by atoms with E-state index in [0.717, 1.165) is 23.3 Å². The average molecular weight is 408 g/mol. The molecule has 0 aliphatic heterocycles. The third-order valence-electron chi connectivity index (χ3n) is 7.71. The van der Waals surface area contributed by atoms with E-state index in [2.05, 4.69) is 5.32 Å². The van der Waals surface area contributed by atoms with E-state index in [1.807, 2.05) is 13.0 Å². The molecule has 1 amide bonds. The highest BCUT2D eigenvalue weighted by Crippen LogP contribution is 2.61. The summed E-state index contributed by atoms with van der Waals surface area (Å²) in [4.78, 5) is 12.9. The van der Waals surface area contributed by atoms with E-state index in [9.17, 15) is 20.1 Å². The van der Waals surface area contributed by atoms with Crippen molar-refractivity contribution in [2.45, 2.75) is 57.4 Å². The van der Waals surface area contributed by atoms with E-state index in [4.69, 9.17) is 0 Å². The summed E-state index contributed by atoms with van der Waals surface area (Å²) >= 11 is 0. The average Bonchev–Trinajstić information content (AvgIpc) is 2.66. The van der Waals surface area contributed by atoms with Gasteiger partial charge in [0, 0.05) is 18.2 Å². The Morgan fingerprint density at radius 3 is 2.20 bits per heavy atom. The van der Waals surface area contributed by atoms with Gasteiger partial charge in [0.05, 0.1) is 5.56 Å². The molecule has 30 heavy (non-hydrogen) atoms. The van der Waals surface area contributed by atoms with Gasteiger partial charge < -0.3 is 20.6 Å². The fraction of sp³-hybridized carbons (Fsp3) is 0.480. The molecular weight excluding hydrogens is 378 g/mol. The number of nitrogens with one attached hydrogen (secondary N) is 1. The van der Waals surface area contributed by atoms with Crippen molar-refractivity contribution in [2.24, 2.45) is 17.8 Å². The molecule has 2 aromatic carbocycles. The van der Waals surface area contributed by atoms with Crippen molar-refractivity contribution in [2.75, 3.05) is 0 Å². The van der Waals surface area contributed by atoms with E-state index in [1.165, 1.54) is 56.2 Å². The van der Waals surface area contributed by atoms with Gasteiger partial charge in [-0.2, -0.15) is 0 Å². The van der Waals surface area contributed by atoms with Gasteiger partial charge in [-0.05, 0) is 104 Å². The van der Waals surface area contributed by atoms with Crippen molar-refractivity contribution < 1.29 is 20.1 Å². The monoisotopic (exact) mass is 407 g/mol. The SMILES string of the molecule is Cc1cc(O)c(C(=O)NCc2ccc(O)cc2O)cc1C12CC3CC(CC(C3)C1)C2. The zero-order valence-corrected chi connectivity index (χ0v) is 17.3. The summed E-state index contributed by atoms with van der Waals surface area (Å²) in [6.07, 6.45) is 7.69. The maximum Gasteiger partial charge on any atom is 0.255 e. The highest BCUT2D eigenvalue weighted by molar-refractivity contribution is 5.97. The molecule has 0 radical (unpaired) electrons. The Hall–Kier alpha value is -2.69. The number of rotatable bonds is 4. The molecule has 2 aromatic rings. The standard InChI is InChI=1S/C25H29NO4/c1-14-4-23(29)20(24(30)26-13-18-2-3-19(27)8-22(18)28)9-21(14)25-10-15-5-16(11-25)7-17(6-15)12-25/h2-4,8-9,15-17,27-29H,5-7,10-13H2,1H3,(H,26,30). The minimum absolute atomic E-state index is 0.00611. The van der Waals surface area contributed by atoms with Gasteiger partial charge in [-0.1, -0.05) is 0 Å². The predicted molar refractivity (Wildman–Crippen MR) is 114 cm³/mol. The number of carbonyl (C=O) groups is 1. The Balaban J connectivity index is 1.41. The lowest BCUT2D eigenvalue weighted by Crippen LogP contribution is -2.48. The summed E-state index contributed by atoms with van der Waals surface area (Å²) in [5, 5.41) is 32.7. The Labute approximate surface area is 176 Å². The van der Waals surface area contributed by atoms with Crippen LogP contribution in [0.5, 0.6) is 17.2 Å². The topological polar surface area (TPSA) is 89.8 Å². The summed E-state index contributed by atoms with van der Waals surface area (Å²) in [6, 6.07) is 7.94. The lowest BCUT2D eigenvalue weighted by atomic mass is 9.47. The number of amides is 1. The first-order valence-corrected chi connectivity index (χ1v) is 11.0. The summed E-state index contributed by atoms with van der Waals surface area (Å²) in [6.45, 7) is 2.16. The lowest BCUT2D eigenvalue weighted by Gasteiger charge is -2.57. The van der Waals surface area contributed by atoms with Crippen molar-refractivity contribution in [3.63, 3.8) is 0 Å². The van der Waals surface area contributed by atoms with Gasteiger partial charge in [-0.25, -0.2) is 0 Å². The van der Waals surface area contributed by atoms with E-state index >= 15 is 0 Å². The summed E-state index contributed by atoms with van der Waals surface area (Å²) < 4.78 is 0. The largest absolute Gasteiger partial charge is 0.508 e. The maximum atomic E-state index is 12.9. The first-order chi connectivity index (χ1) is 14.3. The van der Waals surface area contributed by atoms with Gasteiger partial charge in [-0.3, -0.25) is 4.79 Å². The minimum Gasteiger partial charge on any atom is -0.508 e. The number of aryl methyl sites for hydroxylation is 1. The van der Waals surface area contributed by atoms with Crippen molar-refractivity contribution in [1.29, 1.82) is 0 Å². The molecular formula is C25H29NO4. The summed E-state index contributed by atoms with van der Waals surface area (Å²) in [5.74, 6) is 1.95. The Kier molecular flexibility index (Phi) is 4.46. The number of aromatic hydroxyl groups is 3. The second-order valence-electron chi connectivity index (χ2n) is 9.88. The number of hydrogen-bond acceptors (Lipinski definition) is 4. The van der Waals surface area contributed by atoms with E-state index in [1.54, 1.807) is 12.1 Å². The van der Waals surface area contributed by atoms with Crippen LogP contribution in [0.3, 0.4) is 0 Å². The highest BCUT2D eigenvalue weighted by Gasteiger charge is 2.52. The van der Waals surface area contributed by atoms with Gasteiger partial charge >= 0.3 is 0 Å². The smallest absolute Gasteiger partial charge is 0.255 e. The molecule has 0 atom stereocenters. The molecule has 0 spiro atoms. The van der Waals surface area contributed by atoms with Gasteiger partial charge in [0.2, 0.25) is 0 Å². The quantitative estimate of drug-likeness (QED) is 0.600. The van der Waals surface area contributed by atoms with Crippen molar-refractivity contribution in [3.05, 3.63) is 52.6 Å². The van der Waals surface area contributed by atoms with Crippen LogP contribution in [0.4, 0.5) is 0 Å². The lowest BCUT2D eigenvalue weighted by molar-refractivity contribution is -0.00549. The molecule has 6 rings (SSSR count). The maximum absolute atomic E-state index is 12.9. The molecule has 0 heterocycles. The van der Waals surface area contributed by atoms with Crippen LogP contribution in [-0.4, -0.2) is 21.2 Å². The van der Waals surface area contributed by atoms with Crippen LogP contribution >= 0.6 is 0 Å². The van der Waals surface area contributed by atoms with Crippen LogP contribution in [0.1, 0.15) is 65.6 Å². The molecule has 4 saturated carbocycles. The van der Waals surface area contributed by atoms with Crippen LogP contribution in [-0.2, 0) is 12.0 Å². The number of benzene rings is 2. The summed E-state index contributed by atoms with van der Waals surface area (Å²) in [7, 11) is 0. The van der Waals surface area contributed by atoms with Crippen molar-refractivity contribution in [3.8, 4) is 17.2 Å². The second-order valence-corrected chi connectivity index (χ2v) is 9.88. The second kappa shape index (κ2) is 6.93. The van der Waals surface area contributed by atoms with Crippen LogP contribution in [0.15, 0.2) is 30.3 Å². The highest BCUT2D eigenvalue weighted by atomic mass is 16.3. The van der Waals surface area contributed by atoms with Crippen molar-refractivity contribution in [1.82, 2.24) is 5.32 Å². The normalized spacial score (nSPS) is 29.2. The molecule has 4 fully saturated rings. The molecule has 0 saturated heterocycles. The molecule has 158 valence electrons. The minimum atomic E-state index is -0.356. The van der Waals surface area contributed by atoms with E-state index in [0.29, 0.717) is 11.1 Å². The van der Waals surface area contributed by atoms with Crippen LogP contribution in [0.2, 0.25) is 0 Å². The first kappa shape index (κ1) is 19.3. The fourth-order valence-electron chi connectivity index (χ4n) is 6.86. The number of phenolic OH excluding ortho intramolecular Hbond substituents is 3. The van der Waals surface area contributed by atoms with Crippen LogP contribution in [0.25, 0.3) is 0 Å². The molecule has 5 heteroatoms. The van der Waals surface area contributed by atoms with Gasteiger partial charge in [0.25, 0.3) is 5.91 Å². The summed E-state index contributed by atoms with van der Waals surface area (Å²) in [5.41, 5.74) is 3.26. The molecule has 5 nitrogen and oxygen atoms in total. The number of phenols is 3. The Morgan fingerprint density at radius 1 is 0.967 bits per heavy atom. The molecule has 0 unspecified atom stereocenters. The predicted octanol–water partition coefficient (Wildman–Crippen LogP) is 4.51. The molecule has 4 aliphatic rings. The number of carbonyl (C=O) groups excluding carboxylic acids is 1. The zero-order chi connectivity index (χ0) is 21.0. The Bertz CT molecular complexity index is 977.